The minimum atomic E-state index is -0.526. The lowest BCUT2D eigenvalue weighted by molar-refractivity contribution is -0.115. The molecule has 0 saturated carbocycles. The number of carbonyl (C=O) groups excluding carboxylic acids is 3. The molecular formula is C31H24Cl3N3O3S. The Morgan fingerprint density at radius 1 is 0.756 bits per heavy atom. The lowest BCUT2D eigenvalue weighted by Gasteiger charge is -2.14. The normalized spacial score (nSPS) is 11.9. The van der Waals surface area contributed by atoms with E-state index in [4.69, 9.17) is 34.8 Å². The molecule has 0 aliphatic heterocycles. The van der Waals surface area contributed by atoms with Crippen LogP contribution in [0.3, 0.4) is 0 Å². The fourth-order valence-corrected chi connectivity index (χ4v) is 5.05. The molecule has 0 radical (unpaired) electrons. The predicted octanol–water partition coefficient (Wildman–Crippen LogP) is 8.18. The van der Waals surface area contributed by atoms with E-state index in [1.807, 2.05) is 6.07 Å². The van der Waals surface area contributed by atoms with Gasteiger partial charge in [-0.05, 0) is 79.2 Å². The molecule has 0 aromatic heterocycles. The third-order valence-electron chi connectivity index (χ3n) is 5.65. The summed E-state index contributed by atoms with van der Waals surface area (Å²) < 4.78 is 0. The van der Waals surface area contributed by atoms with Crippen LogP contribution in [0.5, 0.6) is 0 Å². The minimum Gasteiger partial charge on any atom is -0.325 e. The van der Waals surface area contributed by atoms with Gasteiger partial charge in [0.1, 0.15) is 5.70 Å². The van der Waals surface area contributed by atoms with Crippen molar-refractivity contribution in [1.29, 1.82) is 0 Å². The van der Waals surface area contributed by atoms with Crippen LogP contribution in [0, 0.1) is 0 Å². The maximum absolute atomic E-state index is 13.3. The summed E-state index contributed by atoms with van der Waals surface area (Å²) in [7, 11) is 0. The number of anilines is 2. The quantitative estimate of drug-likeness (QED) is 0.129. The summed E-state index contributed by atoms with van der Waals surface area (Å²) in [6.07, 6.45) is 1.55. The van der Waals surface area contributed by atoms with Gasteiger partial charge in [0.2, 0.25) is 5.91 Å². The molecule has 0 bridgehead atoms. The molecule has 1 unspecified atom stereocenters. The van der Waals surface area contributed by atoms with Crippen molar-refractivity contribution in [2.75, 3.05) is 10.6 Å². The fourth-order valence-electron chi connectivity index (χ4n) is 3.63. The average molecular weight is 625 g/mol. The summed E-state index contributed by atoms with van der Waals surface area (Å²) in [5.41, 5.74) is 2.11. The van der Waals surface area contributed by atoms with E-state index in [1.165, 1.54) is 11.8 Å². The topological polar surface area (TPSA) is 87.3 Å². The molecule has 0 aliphatic rings. The molecule has 4 rings (SSSR count). The number of amides is 3. The van der Waals surface area contributed by atoms with Gasteiger partial charge in [-0.15, -0.1) is 11.8 Å². The molecule has 0 fully saturated rings. The van der Waals surface area contributed by atoms with Crippen molar-refractivity contribution >= 4 is 81.7 Å². The standard InChI is InChI=1S/C31H24Cl3N3O3S/c1-19(29(38)35-24-13-14-26(33)27(34)18-24)41-25-12-6-11-23(17-25)36-31(40)28(16-20-7-5-10-22(32)15-20)37-30(39)21-8-3-2-4-9-21/h2-19H,1H3,(H,35,38)(H,36,40)(H,37,39)/b28-16-. The van der Waals surface area contributed by atoms with Gasteiger partial charge in [0.25, 0.3) is 11.8 Å². The van der Waals surface area contributed by atoms with Crippen LogP contribution in [-0.4, -0.2) is 23.0 Å². The SMILES string of the molecule is CC(Sc1cccc(NC(=O)/C(=C/c2cccc(Cl)c2)NC(=O)c2ccccc2)c1)C(=O)Nc1ccc(Cl)c(Cl)c1. The van der Waals surface area contributed by atoms with Crippen molar-refractivity contribution in [3.05, 3.63) is 129 Å². The highest BCUT2D eigenvalue weighted by atomic mass is 35.5. The van der Waals surface area contributed by atoms with Gasteiger partial charge in [-0.2, -0.15) is 0 Å². The van der Waals surface area contributed by atoms with E-state index in [0.29, 0.717) is 37.6 Å². The van der Waals surface area contributed by atoms with E-state index in [-0.39, 0.29) is 11.6 Å². The fraction of sp³-hybridized carbons (Fsp3) is 0.0645. The zero-order valence-corrected chi connectivity index (χ0v) is 24.7. The van der Waals surface area contributed by atoms with Crippen LogP contribution in [0.4, 0.5) is 11.4 Å². The highest BCUT2D eigenvalue weighted by Gasteiger charge is 2.18. The van der Waals surface area contributed by atoms with E-state index >= 15 is 0 Å². The summed E-state index contributed by atoms with van der Waals surface area (Å²) in [5.74, 6) is -1.18. The van der Waals surface area contributed by atoms with Crippen molar-refractivity contribution in [2.24, 2.45) is 0 Å². The number of carbonyl (C=O) groups is 3. The number of rotatable bonds is 9. The van der Waals surface area contributed by atoms with Crippen LogP contribution >= 0.6 is 46.6 Å². The summed E-state index contributed by atoms with van der Waals surface area (Å²) >= 11 is 19.4. The minimum absolute atomic E-state index is 0.0357. The molecule has 41 heavy (non-hydrogen) atoms. The van der Waals surface area contributed by atoms with E-state index in [9.17, 15) is 14.4 Å². The van der Waals surface area contributed by atoms with Crippen LogP contribution in [0.15, 0.2) is 108 Å². The summed E-state index contributed by atoms with van der Waals surface area (Å²) in [6.45, 7) is 1.77. The molecule has 0 aliphatic carbocycles. The third-order valence-corrected chi connectivity index (χ3v) is 7.72. The van der Waals surface area contributed by atoms with Crippen molar-refractivity contribution in [1.82, 2.24) is 5.32 Å². The Bertz CT molecular complexity index is 1610. The second-order valence-corrected chi connectivity index (χ2v) is 11.5. The molecule has 4 aromatic rings. The summed E-state index contributed by atoms with van der Waals surface area (Å²) in [5, 5.41) is 9.14. The molecular weight excluding hydrogens is 601 g/mol. The number of nitrogens with one attached hydrogen (secondary N) is 3. The molecule has 3 N–H and O–H groups in total. The first-order chi connectivity index (χ1) is 19.7. The number of hydrogen-bond acceptors (Lipinski definition) is 4. The smallest absolute Gasteiger partial charge is 0.272 e. The van der Waals surface area contributed by atoms with Crippen molar-refractivity contribution < 1.29 is 14.4 Å². The Morgan fingerprint density at radius 2 is 1.49 bits per heavy atom. The predicted molar refractivity (Wildman–Crippen MR) is 169 cm³/mol. The number of thioether (sulfide) groups is 1. The van der Waals surface area contributed by atoms with Crippen LogP contribution < -0.4 is 16.0 Å². The van der Waals surface area contributed by atoms with E-state index < -0.39 is 17.1 Å². The summed E-state index contributed by atoms with van der Waals surface area (Å²) in [4.78, 5) is 39.7. The zero-order valence-electron chi connectivity index (χ0n) is 21.7. The van der Waals surface area contributed by atoms with Crippen molar-refractivity contribution in [2.45, 2.75) is 17.1 Å². The van der Waals surface area contributed by atoms with E-state index in [2.05, 4.69) is 16.0 Å². The average Bonchev–Trinajstić information content (AvgIpc) is 2.95. The summed E-state index contributed by atoms with van der Waals surface area (Å²) in [6, 6.07) is 27.5. The Kier molecular flexibility index (Phi) is 10.5. The first-order valence-electron chi connectivity index (χ1n) is 12.4. The Labute approximate surface area is 257 Å². The molecule has 3 amide bonds. The van der Waals surface area contributed by atoms with Gasteiger partial charge >= 0.3 is 0 Å². The Hall–Kier alpha value is -3.75. The van der Waals surface area contributed by atoms with E-state index in [1.54, 1.807) is 104 Å². The maximum Gasteiger partial charge on any atom is 0.272 e. The van der Waals surface area contributed by atoms with Gasteiger partial charge in [-0.3, -0.25) is 14.4 Å². The third kappa shape index (κ3) is 8.87. The molecule has 0 saturated heterocycles. The first-order valence-corrected chi connectivity index (χ1v) is 14.4. The van der Waals surface area contributed by atoms with Crippen molar-refractivity contribution in [3.63, 3.8) is 0 Å². The van der Waals surface area contributed by atoms with Gasteiger partial charge < -0.3 is 16.0 Å². The lowest BCUT2D eigenvalue weighted by Crippen LogP contribution is -2.30. The number of hydrogen-bond donors (Lipinski definition) is 3. The molecule has 0 spiro atoms. The largest absolute Gasteiger partial charge is 0.325 e. The molecule has 1 atom stereocenters. The second kappa shape index (κ2) is 14.2. The highest BCUT2D eigenvalue weighted by molar-refractivity contribution is 8.00. The maximum atomic E-state index is 13.3. The molecule has 6 nitrogen and oxygen atoms in total. The van der Waals surface area contributed by atoms with Crippen LogP contribution in [0.25, 0.3) is 6.08 Å². The monoisotopic (exact) mass is 623 g/mol. The zero-order chi connectivity index (χ0) is 29.4. The second-order valence-electron chi connectivity index (χ2n) is 8.79. The van der Waals surface area contributed by atoms with Crippen LogP contribution in [0.2, 0.25) is 15.1 Å². The Morgan fingerprint density at radius 3 is 2.22 bits per heavy atom. The van der Waals surface area contributed by atoms with Gasteiger partial charge in [0.15, 0.2) is 0 Å². The molecule has 10 heteroatoms. The Balaban J connectivity index is 1.47. The van der Waals surface area contributed by atoms with E-state index in [0.717, 1.165) is 4.90 Å². The highest BCUT2D eigenvalue weighted by Crippen LogP contribution is 2.29. The number of halogens is 3. The van der Waals surface area contributed by atoms with Crippen LogP contribution in [-0.2, 0) is 9.59 Å². The lowest BCUT2D eigenvalue weighted by atomic mass is 10.1. The van der Waals surface area contributed by atoms with Crippen LogP contribution in [0.1, 0.15) is 22.8 Å². The van der Waals surface area contributed by atoms with Gasteiger partial charge in [0.05, 0.1) is 15.3 Å². The number of benzene rings is 4. The first kappa shape index (κ1) is 30.2. The van der Waals surface area contributed by atoms with Gasteiger partial charge in [-0.1, -0.05) is 71.2 Å². The molecule has 4 aromatic carbocycles. The molecule has 0 heterocycles. The van der Waals surface area contributed by atoms with Gasteiger partial charge in [-0.25, -0.2) is 0 Å². The van der Waals surface area contributed by atoms with Gasteiger partial charge in [0, 0.05) is 26.9 Å². The van der Waals surface area contributed by atoms with Crippen molar-refractivity contribution in [3.8, 4) is 0 Å². The molecule has 208 valence electrons.